The molecule has 1 aromatic carbocycles. The third-order valence-electron chi connectivity index (χ3n) is 4.09. The largest absolute Gasteiger partial charge is 0.491 e. The summed E-state index contributed by atoms with van der Waals surface area (Å²) >= 11 is 0. The first-order chi connectivity index (χ1) is 11.5. The highest BCUT2D eigenvalue weighted by Gasteiger charge is 2.23. The summed E-state index contributed by atoms with van der Waals surface area (Å²) in [6.07, 6.45) is 2.49. The Bertz CT molecular complexity index is 769. The van der Waals surface area contributed by atoms with Crippen molar-refractivity contribution in [3.05, 3.63) is 47.3 Å². The van der Waals surface area contributed by atoms with Crippen LogP contribution in [0.3, 0.4) is 0 Å². The van der Waals surface area contributed by atoms with Crippen LogP contribution in [0.2, 0.25) is 0 Å². The van der Waals surface area contributed by atoms with Crippen molar-refractivity contribution in [1.29, 1.82) is 0 Å². The van der Waals surface area contributed by atoms with Crippen LogP contribution in [0.4, 0.5) is 0 Å². The molecule has 2 heterocycles. The molecule has 0 aliphatic carbocycles. The van der Waals surface area contributed by atoms with Gasteiger partial charge in [-0.1, -0.05) is 12.1 Å². The molecule has 3 rings (SSSR count). The van der Waals surface area contributed by atoms with Crippen LogP contribution < -0.4 is 10.5 Å². The van der Waals surface area contributed by atoms with Crippen LogP contribution in [0.5, 0.6) is 5.75 Å². The van der Waals surface area contributed by atoms with Crippen molar-refractivity contribution in [3.63, 3.8) is 0 Å². The number of nitrogens with two attached hydrogens (primary N) is 1. The van der Waals surface area contributed by atoms with Gasteiger partial charge in [-0.2, -0.15) is 5.10 Å². The van der Waals surface area contributed by atoms with Gasteiger partial charge in [-0.25, -0.2) is 0 Å². The zero-order valence-corrected chi connectivity index (χ0v) is 13.6. The molecule has 0 fully saturated rings. The van der Waals surface area contributed by atoms with E-state index in [4.69, 9.17) is 10.5 Å². The van der Waals surface area contributed by atoms with Crippen LogP contribution in [0, 0.1) is 0 Å². The zero-order chi connectivity index (χ0) is 17.1. The Kier molecular flexibility index (Phi) is 4.50. The number of nitrogens with zero attached hydrogens (tertiary/aromatic N) is 3. The van der Waals surface area contributed by atoms with Gasteiger partial charge in [0, 0.05) is 31.8 Å². The van der Waals surface area contributed by atoms with Crippen LogP contribution in [0.25, 0.3) is 0 Å². The maximum absolute atomic E-state index is 12.7. The average molecular weight is 328 g/mol. The summed E-state index contributed by atoms with van der Waals surface area (Å²) in [5.74, 6) is 0.376. The van der Waals surface area contributed by atoms with Crippen molar-refractivity contribution in [2.45, 2.75) is 19.4 Å². The summed E-state index contributed by atoms with van der Waals surface area (Å²) in [7, 11) is 1.75. The van der Waals surface area contributed by atoms with Crippen LogP contribution >= 0.6 is 0 Å². The van der Waals surface area contributed by atoms with Crippen molar-refractivity contribution < 1.29 is 14.3 Å². The number of fused-ring (bicyclic) bond motifs is 1. The highest BCUT2D eigenvalue weighted by Crippen LogP contribution is 2.25. The van der Waals surface area contributed by atoms with Gasteiger partial charge in [-0.15, -0.1) is 0 Å². The lowest BCUT2D eigenvalue weighted by Gasteiger charge is -2.20. The van der Waals surface area contributed by atoms with E-state index in [0.717, 1.165) is 16.9 Å². The molecule has 0 saturated carbocycles. The first-order valence-electron chi connectivity index (χ1n) is 7.85. The van der Waals surface area contributed by atoms with Gasteiger partial charge < -0.3 is 15.4 Å². The molecular weight excluding hydrogens is 308 g/mol. The van der Waals surface area contributed by atoms with Gasteiger partial charge >= 0.3 is 0 Å². The van der Waals surface area contributed by atoms with Crippen LogP contribution in [-0.4, -0.2) is 39.6 Å². The number of primary amides is 1. The normalized spacial score (nSPS) is 13.8. The minimum atomic E-state index is -0.325. The Morgan fingerprint density at radius 3 is 2.88 bits per heavy atom. The molecule has 1 aliphatic heterocycles. The molecule has 7 heteroatoms. The number of hydrogen-bond acceptors (Lipinski definition) is 4. The topological polar surface area (TPSA) is 90.4 Å². The molecule has 1 aliphatic rings. The number of aromatic nitrogens is 2. The van der Waals surface area contributed by atoms with Gasteiger partial charge in [0.05, 0.1) is 6.54 Å². The van der Waals surface area contributed by atoms with E-state index < -0.39 is 0 Å². The summed E-state index contributed by atoms with van der Waals surface area (Å²) in [6.45, 7) is 1.41. The van der Waals surface area contributed by atoms with E-state index in [-0.39, 0.29) is 11.8 Å². The summed E-state index contributed by atoms with van der Waals surface area (Å²) in [6, 6.07) is 7.51. The Balaban J connectivity index is 1.81. The Hall–Kier alpha value is -2.83. The van der Waals surface area contributed by atoms with Crippen molar-refractivity contribution in [2.24, 2.45) is 12.8 Å². The quantitative estimate of drug-likeness (QED) is 0.902. The molecule has 0 bridgehead atoms. The van der Waals surface area contributed by atoms with E-state index in [1.54, 1.807) is 28.9 Å². The Labute approximate surface area is 140 Å². The van der Waals surface area contributed by atoms with Gasteiger partial charge in [0.15, 0.2) is 0 Å². The number of hydrogen-bond donors (Lipinski definition) is 1. The van der Waals surface area contributed by atoms with Crippen molar-refractivity contribution in [3.8, 4) is 5.75 Å². The van der Waals surface area contributed by atoms with Crippen LogP contribution in [0.15, 0.2) is 30.5 Å². The van der Waals surface area contributed by atoms with Crippen molar-refractivity contribution >= 4 is 11.8 Å². The lowest BCUT2D eigenvalue weighted by atomic mass is 10.0. The second-order valence-corrected chi connectivity index (χ2v) is 5.82. The Morgan fingerprint density at radius 2 is 2.17 bits per heavy atom. The van der Waals surface area contributed by atoms with E-state index in [9.17, 15) is 9.59 Å². The maximum Gasteiger partial charge on any atom is 0.272 e. The second-order valence-electron chi connectivity index (χ2n) is 5.82. The third-order valence-corrected chi connectivity index (χ3v) is 4.09. The molecule has 0 radical (unpaired) electrons. The number of rotatable bonds is 4. The molecule has 2 aromatic rings. The van der Waals surface area contributed by atoms with E-state index in [1.807, 2.05) is 18.2 Å². The minimum Gasteiger partial charge on any atom is -0.491 e. The van der Waals surface area contributed by atoms with Gasteiger partial charge in [0.25, 0.3) is 5.91 Å². The summed E-state index contributed by atoms with van der Waals surface area (Å²) in [5, 5.41) is 4.05. The zero-order valence-electron chi connectivity index (χ0n) is 13.6. The standard InChI is InChI=1S/C17H20N4O3/c1-20-14(6-7-19-20)17(23)21-8-9-24-15-4-2-12(3-5-16(18)22)10-13(15)11-21/h2,4,6-7,10H,3,5,8-9,11H2,1H3,(H2,18,22). The van der Waals surface area contributed by atoms with Crippen molar-refractivity contribution in [1.82, 2.24) is 14.7 Å². The van der Waals surface area contributed by atoms with E-state index in [2.05, 4.69) is 5.10 Å². The summed E-state index contributed by atoms with van der Waals surface area (Å²) in [4.78, 5) is 25.4. The number of ether oxygens (including phenoxy) is 1. The molecule has 0 unspecified atom stereocenters. The average Bonchev–Trinajstić information content (AvgIpc) is 2.87. The van der Waals surface area contributed by atoms with Gasteiger partial charge in [-0.3, -0.25) is 14.3 Å². The van der Waals surface area contributed by atoms with Crippen LogP contribution in [0.1, 0.15) is 28.0 Å². The lowest BCUT2D eigenvalue weighted by molar-refractivity contribution is -0.117. The molecule has 0 atom stereocenters. The van der Waals surface area contributed by atoms with E-state index in [1.165, 1.54) is 0 Å². The number of aryl methyl sites for hydroxylation is 2. The van der Waals surface area contributed by atoms with E-state index >= 15 is 0 Å². The molecule has 7 nitrogen and oxygen atoms in total. The first kappa shape index (κ1) is 16.0. The number of amides is 2. The monoisotopic (exact) mass is 328 g/mol. The number of benzene rings is 1. The van der Waals surface area contributed by atoms with Gasteiger partial charge in [0.1, 0.15) is 18.1 Å². The first-order valence-corrected chi connectivity index (χ1v) is 7.85. The van der Waals surface area contributed by atoms with Gasteiger partial charge in [-0.05, 0) is 24.1 Å². The summed E-state index contributed by atoms with van der Waals surface area (Å²) < 4.78 is 7.32. The molecular formula is C17H20N4O3. The molecule has 1 aromatic heterocycles. The molecule has 2 amide bonds. The SMILES string of the molecule is Cn1nccc1C(=O)N1CCOc2ccc(CCC(N)=O)cc2C1. The molecule has 0 spiro atoms. The maximum atomic E-state index is 12.7. The molecule has 0 saturated heterocycles. The Morgan fingerprint density at radius 1 is 1.33 bits per heavy atom. The fourth-order valence-electron chi connectivity index (χ4n) is 2.79. The molecule has 126 valence electrons. The predicted molar refractivity (Wildman–Crippen MR) is 87.4 cm³/mol. The third kappa shape index (κ3) is 3.40. The fraction of sp³-hybridized carbons (Fsp3) is 0.353. The predicted octanol–water partition coefficient (Wildman–Crippen LogP) is 0.873. The smallest absolute Gasteiger partial charge is 0.272 e. The highest BCUT2D eigenvalue weighted by molar-refractivity contribution is 5.92. The summed E-state index contributed by atoms with van der Waals surface area (Å²) in [5.41, 5.74) is 7.69. The fourth-order valence-corrected chi connectivity index (χ4v) is 2.79. The minimum absolute atomic E-state index is 0.0750. The highest BCUT2D eigenvalue weighted by atomic mass is 16.5. The van der Waals surface area contributed by atoms with Gasteiger partial charge in [0.2, 0.25) is 5.91 Å². The molecule has 2 N–H and O–H groups in total. The second kappa shape index (κ2) is 6.74. The van der Waals surface area contributed by atoms with Crippen molar-refractivity contribution in [2.75, 3.05) is 13.2 Å². The molecule has 24 heavy (non-hydrogen) atoms. The number of carbonyl (C=O) groups excluding carboxylic acids is 2. The lowest BCUT2D eigenvalue weighted by Crippen LogP contribution is -2.33. The van der Waals surface area contributed by atoms with E-state index in [0.29, 0.717) is 38.2 Å². The number of carbonyl (C=O) groups is 2. The van der Waals surface area contributed by atoms with Crippen LogP contribution in [-0.2, 0) is 24.8 Å².